The smallest absolute Gasteiger partial charge is 0.252 e. The monoisotopic (exact) mass is 474 g/mol. The van der Waals surface area contributed by atoms with Crippen LogP contribution in [0, 0.1) is 0 Å². The molecule has 0 aromatic heterocycles. The van der Waals surface area contributed by atoms with Crippen LogP contribution in [-0.4, -0.2) is 36.5 Å². The van der Waals surface area contributed by atoms with Crippen LogP contribution in [0.4, 0.5) is 0 Å². The maximum absolute atomic E-state index is 13.1. The summed E-state index contributed by atoms with van der Waals surface area (Å²) in [7, 11) is 0. The van der Waals surface area contributed by atoms with Gasteiger partial charge < -0.3 is 10.2 Å². The van der Waals surface area contributed by atoms with Crippen LogP contribution in [0.3, 0.4) is 0 Å². The fraction of sp³-hybridized carbons (Fsp3) is 0.367. The van der Waals surface area contributed by atoms with Crippen molar-refractivity contribution in [1.29, 1.82) is 0 Å². The van der Waals surface area contributed by atoms with Gasteiger partial charge in [0.1, 0.15) is 0 Å². The first-order valence-corrected chi connectivity index (χ1v) is 12.7. The molecule has 0 spiro atoms. The highest BCUT2D eigenvalue weighted by Gasteiger charge is 2.24. The van der Waals surface area contributed by atoms with E-state index in [-0.39, 0.29) is 17.4 Å². The van der Waals surface area contributed by atoms with E-state index in [1.807, 2.05) is 48.5 Å². The Morgan fingerprint density at radius 1 is 0.941 bits per heavy atom. The topological polar surface area (TPSA) is 32.3 Å². The first-order valence-electron chi connectivity index (χ1n) is 12.4. The molecule has 4 heteroatoms. The molecule has 3 aromatic carbocycles. The Balaban J connectivity index is 1.26. The van der Waals surface area contributed by atoms with Gasteiger partial charge in [0.15, 0.2) is 0 Å². The third-order valence-corrected chi connectivity index (χ3v) is 7.33. The number of halogens is 1. The highest BCUT2D eigenvalue weighted by molar-refractivity contribution is 6.30. The van der Waals surface area contributed by atoms with E-state index in [1.54, 1.807) is 0 Å². The average molecular weight is 475 g/mol. The van der Waals surface area contributed by atoms with Crippen molar-refractivity contribution >= 4 is 17.5 Å². The van der Waals surface area contributed by atoms with Crippen molar-refractivity contribution in [3.63, 3.8) is 0 Å². The molecule has 3 nitrogen and oxygen atoms in total. The standard InChI is InChI=1S/C30H35ClN2O/c1-30(2,24-9-4-3-5-10-24)19-8-20-33-21-17-26(18-22-33)32-29(34)28-12-7-6-11-27(28)23-13-15-25(31)16-14-23/h3-7,9-16,26H,8,17-22H2,1-2H3,(H,32,34). The molecule has 34 heavy (non-hydrogen) atoms. The first kappa shape index (κ1) is 24.5. The zero-order chi connectivity index (χ0) is 24.0. The highest BCUT2D eigenvalue weighted by atomic mass is 35.5. The Kier molecular flexibility index (Phi) is 8.07. The molecule has 1 saturated heterocycles. The van der Waals surface area contributed by atoms with E-state index in [2.05, 4.69) is 54.4 Å². The number of carbonyl (C=O) groups is 1. The summed E-state index contributed by atoms with van der Waals surface area (Å²) in [5.74, 6) is 0.00797. The fourth-order valence-corrected chi connectivity index (χ4v) is 5.03. The van der Waals surface area contributed by atoms with Crippen LogP contribution in [0.1, 0.15) is 55.5 Å². The van der Waals surface area contributed by atoms with Gasteiger partial charge in [-0.15, -0.1) is 0 Å². The predicted octanol–water partition coefficient (Wildman–Crippen LogP) is 6.96. The van der Waals surface area contributed by atoms with Crippen LogP contribution in [0.5, 0.6) is 0 Å². The number of rotatable bonds is 8. The number of nitrogens with one attached hydrogen (secondary N) is 1. The van der Waals surface area contributed by atoms with Crippen molar-refractivity contribution in [3.05, 3.63) is 95.0 Å². The van der Waals surface area contributed by atoms with Crippen LogP contribution >= 0.6 is 11.6 Å². The summed E-state index contributed by atoms with van der Waals surface area (Å²) in [5, 5.41) is 3.98. The van der Waals surface area contributed by atoms with E-state index in [9.17, 15) is 4.79 Å². The van der Waals surface area contributed by atoms with Crippen LogP contribution in [0.25, 0.3) is 11.1 Å². The second-order valence-corrected chi connectivity index (χ2v) is 10.4. The van der Waals surface area contributed by atoms with Crippen molar-refractivity contribution in [3.8, 4) is 11.1 Å². The van der Waals surface area contributed by atoms with Crippen molar-refractivity contribution < 1.29 is 4.79 Å². The lowest BCUT2D eigenvalue weighted by atomic mass is 9.80. The third-order valence-electron chi connectivity index (χ3n) is 7.08. The van der Waals surface area contributed by atoms with E-state index < -0.39 is 0 Å². The van der Waals surface area contributed by atoms with Crippen LogP contribution in [0.2, 0.25) is 5.02 Å². The summed E-state index contributed by atoms with van der Waals surface area (Å²) in [5.41, 5.74) is 4.27. The average Bonchev–Trinajstić information content (AvgIpc) is 2.86. The Labute approximate surface area is 209 Å². The van der Waals surface area contributed by atoms with Gasteiger partial charge in [-0.2, -0.15) is 0 Å². The van der Waals surface area contributed by atoms with Crippen molar-refractivity contribution in [2.45, 2.75) is 51.0 Å². The van der Waals surface area contributed by atoms with Gasteiger partial charge in [-0.3, -0.25) is 4.79 Å². The molecule has 4 rings (SSSR count). The number of piperidine rings is 1. The molecule has 0 aliphatic carbocycles. The zero-order valence-corrected chi connectivity index (χ0v) is 21.0. The number of likely N-dealkylation sites (tertiary alicyclic amines) is 1. The normalized spacial score (nSPS) is 15.3. The number of nitrogens with zero attached hydrogens (tertiary/aromatic N) is 1. The minimum atomic E-state index is 0.00797. The lowest BCUT2D eigenvalue weighted by molar-refractivity contribution is 0.0910. The second kappa shape index (κ2) is 11.2. The number of hydrogen-bond acceptors (Lipinski definition) is 2. The molecule has 0 unspecified atom stereocenters. The van der Waals surface area contributed by atoms with Crippen molar-refractivity contribution in [1.82, 2.24) is 10.2 Å². The Morgan fingerprint density at radius 3 is 2.29 bits per heavy atom. The molecule has 0 bridgehead atoms. The van der Waals surface area contributed by atoms with Gasteiger partial charge in [0.2, 0.25) is 0 Å². The lowest BCUT2D eigenvalue weighted by Crippen LogP contribution is -2.45. The maximum atomic E-state index is 13.1. The summed E-state index contributed by atoms with van der Waals surface area (Å²) in [6, 6.07) is 26.5. The maximum Gasteiger partial charge on any atom is 0.252 e. The summed E-state index contributed by atoms with van der Waals surface area (Å²) in [4.78, 5) is 15.7. The molecule has 0 radical (unpaired) electrons. The van der Waals surface area contributed by atoms with Gasteiger partial charge in [0, 0.05) is 29.7 Å². The number of amides is 1. The van der Waals surface area contributed by atoms with Crippen molar-refractivity contribution in [2.24, 2.45) is 0 Å². The van der Waals surface area contributed by atoms with E-state index in [4.69, 9.17) is 11.6 Å². The van der Waals surface area contributed by atoms with Crippen LogP contribution in [0.15, 0.2) is 78.9 Å². The summed E-state index contributed by atoms with van der Waals surface area (Å²) in [6.07, 6.45) is 4.36. The van der Waals surface area contributed by atoms with E-state index in [0.29, 0.717) is 5.02 Å². The molecule has 1 fully saturated rings. The van der Waals surface area contributed by atoms with E-state index in [1.165, 1.54) is 18.4 Å². The number of benzene rings is 3. The fourth-order valence-electron chi connectivity index (χ4n) is 4.90. The second-order valence-electron chi connectivity index (χ2n) is 10.00. The molecule has 1 aliphatic rings. The van der Waals surface area contributed by atoms with Crippen LogP contribution in [-0.2, 0) is 5.41 Å². The molecular formula is C30H35ClN2O. The van der Waals surface area contributed by atoms with Gasteiger partial charge in [0.05, 0.1) is 0 Å². The molecule has 1 aliphatic heterocycles. The molecule has 0 saturated carbocycles. The van der Waals surface area contributed by atoms with E-state index >= 15 is 0 Å². The lowest BCUT2D eigenvalue weighted by Gasteiger charge is -2.33. The minimum absolute atomic E-state index is 0.00797. The van der Waals surface area contributed by atoms with Gasteiger partial charge in [-0.05, 0) is 72.5 Å². The summed E-state index contributed by atoms with van der Waals surface area (Å²) < 4.78 is 0. The van der Waals surface area contributed by atoms with Gasteiger partial charge in [0.25, 0.3) is 5.91 Å². The molecule has 178 valence electrons. The van der Waals surface area contributed by atoms with Gasteiger partial charge in [-0.25, -0.2) is 0 Å². The largest absolute Gasteiger partial charge is 0.349 e. The first-order chi connectivity index (χ1) is 16.4. The summed E-state index contributed by atoms with van der Waals surface area (Å²) >= 11 is 6.04. The quantitative estimate of drug-likeness (QED) is 0.382. The Morgan fingerprint density at radius 2 is 1.59 bits per heavy atom. The Bertz CT molecular complexity index is 1070. The molecule has 1 N–H and O–H groups in total. The number of hydrogen-bond donors (Lipinski definition) is 1. The molecular weight excluding hydrogens is 440 g/mol. The SMILES string of the molecule is CC(C)(CCCN1CCC(NC(=O)c2ccccc2-c2ccc(Cl)cc2)CC1)c1ccccc1. The molecule has 1 heterocycles. The van der Waals surface area contributed by atoms with Gasteiger partial charge in [-0.1, -0.05) is 86.1 Å². The van der Waals surface area contributed by atoms with E-state index in [0.717, 1.165) is 49.2 Å². The third kappa shape index (κ3) is 6.28. The molecule has 1 amide bonds. The predicted molar refractivity (Wildman–Crippen MR) is 143 cm³/mol. The van der Waals surface area contributed by atoms with Crippen molar-refractivity contribution in [2.75, 3.05) is 19.6 Å². The highest BCUT2D eigenvalue weighted by Crippen LogP contribution is 2.29. The molecule has 3 aromatic rings. The number of carbonyl (C=O) groups excluding carboxylic acids is 1. The summed E-state index contributed by atoms with van der Waals surface area (Å²) in [6.45, 7) is 7.87. The van der Waals surface area contributed by atoms with Crippen LogP contribution < -0.4 is 5.32 Å². The van der Waals surface area contributed by atoms with Gasteiger partial charge >= 0.3 is 0 Å². The molecule has 0 atom stereocenters. The Hall–Kier alpha value is -2.62. The minimum Gasteiger partial charge on any atom is -0.349 e. The zero-order valence-electron chi connectivity index (χ0n) is 20.3.